The van der Waals surface area contributed by atoms with Gasteiger partial charge in [-0.05, 0) is 32.0 Å². The summed E-state index contributed by atoms with van der Waals surface area (Å²) in [6, 6.07) is 6.10. The first kappa shape index (κ1) is 23.0. The van der Waals surface area contributed by atoms with Crippen LogP contribution in [-0.4, -0.2) is 68.0 Å². The van der Waals surface area contributed by atoms with Gasteiger partial charge >= 0.3 is 0 Å². The number of aliphatic imine (C=N–C) groups is 1. The van der Waals surface area contributed by atoms with Gasteiger partial charge in [-0.2, -0.15) is 0 Å². The van der Waals surface area contributed by atoms with Crippen LogP contribution in [-0.2, 0) is 11.3 Å². The average Bonchev–Trinajstić information content (AvgIpc) is 2.80. The van der Waals surface area contributed by atoms with E-state index in [9.17, 15) is 10.2 Å². The zero-order valence-electron chi connectivity index (χ0n) is 18.4. The molecule has 0 spiro atoms. The number of rotatable bonds is 9. The van der Waals surface area contributed by atoms with Crippen molar-refractivity contribution < 1.29 is 29.3 Å². The Morgan fingerprint density at radius 1 is 1.29 bits per heavy atom. The van der Waals surface area contributed by atoms with E-state index in [1.807, 2.05) is 19.1 Å². The van der Waals surface area contributed by atoms with Gasteiger partial charge in [-0.3, -0.25) is 9.98 Å². The van der Waals surface area contributed by atoms with Crippen LogP contribution in [0.25, 0.3) is 0 Å². The first-order valence-corrected chi connectivity index (χ1v) is 10.6. The van der Waals surface area contributed by atoms with Crippen LogP contribution in [0.3, 0.4) is 0 Å². The topological polar surface area (TPSA) is 97.8 Å². The summed E-state index contributed by atoms with van der Waals surface area (Å²) in [5.41, 5.74) is 2.66. The third-order valence-electron chi connectivity index (χ3n) is 5.55. The molecule has 1 fully saturated rings. The van der Waals surface area contributed by atoms with Gasteiger partial charge in [0.25, 0.3) is 0 Å². The van der Waals surface area contributed by atoms with E-state index in [1.165, 1.54) is 4.90 Å². The van der Waals surface area contributed by atoms with E-state index in [2.05, 4.69) is 16.0 Å². The number of hydrogen-bond donors (Lipinski definition) is 3. The highest BCUT2D eigenvalue weighted by molar-refractivity contribution is 5.85. The SMILES string of the molecule is CCOc1ccc([C@H](CN=Cc2c(CO)cnc(C)c2O)[NH+]2CCOCC2)cc1OC. The molecular formula is C23H32N3O5+. The lowest BCUT2D eigenvalue weighted by Crippen LogP contribution is -3.14. The molecular weight excluding hydrogens is 398 g/mol. The van der Waals surface area contributed by atoms with Crippen molar-refractivity contribution in [2.45, 2.75) is 26.5 Å². The van der Waals surface area contributed by atoms with Gasteiger partial charge in [0.2, 0.25) is 0 Å². The minimum absolute atomic E-state index is 0.0494. The van der Waals surface area contributed by atoms with Crippen molar-refractivity contribution in [3.05, 3.63) is 46.8 Å². The van der Waals surface area contributed by atoms with E-state index in [1.54, 1.807) is 26.4 Å². The monoisotopic (exact) mass is 430 g/mol. The van der Waals surface area contributed by atoms with Gasteiger partial charge in [-0.1, -0.05) is 0 Å². The molecule has 0 amide bonds. The molecule has 8 heteroatoms. The van der Waals surface area contributed by atoms with Crippen molar-refractivity contribution >= 4 is 6.21 Å². The first-order chi connectivity index (χ1) is 15.1. The van der Waals surface area contributed by atoms with Gasteiger partial charge < -0.3 is 29.3 Å². The zero-order valence-corrected chi connectivity index (χ0v) is 18.4. The Labute approximate surface area is 183 Å². The summed E-state index contributed by atoms with van der Waals surface area (Å²) in [7, 11) is 1.64. The summed E-state index contributed by atoms with van der Waals surface area (Å²) >= 11 is 0. The third kappa shape index (κ3) is 5.52. The molecule has 1 aromatic heterocycles. The number of ether oxygens (including phenoxy) is 3. The number of aliphatic hydroxyl groups is 1. The van der Waals surface area contributed by atoms with Crippen molar-refractivity contribution in [3.8, 4) is 17.2 Å². The number of nitrogens with zero attached hydrogens (tertiary/aromatic N) is 2. The molecule has 0 saturated carbocycles. The van der Waals surface area contributed by atoms with Gasteiger partial charge in [0.05, 0.1) is 45.8 Å². The van der Waals surface area contributed by atoms with E-state index in [0.717, 1.165) is 24.4 Å². The standard InChI is InChI=1S/C23H31N3O5/c1-4-31-21-6-5-17(11-22(21)29-3)20(26-7-9-30-10-8-26)14-24-13-19-18(15-27)12-25-16(2)23(19)28/h5-6,11-13,20,27-28H,4,7-10,14-15H2,1-3H3/p+1/t20-/m0/s1. The second-order valence-corrected chi connectivity index (χ2v) is 7.45. The second kappa shape index (κ2) is 11.1. The summed E-state index contributed by atoms with van der Waals surface area (Å²) in [5, 5.41) is 20.0. The normalized spacial score (nSPS) is 15.9. The molecule has 2 aromatic rings. The number of aliphatic hydroxyl groups excluding tert-OH is 1. The average molecular weight is 431 g/mol. The van der Waals surface area contributed by atoms with E-state index in [-0.39, 0.29) is 18.4 Å². The third-order valence-corrected chi connectivity index (χ3v) is 5.55. The Balaban J connectivity index is 1.89. The van der Waals surface area contributed by atoms with Crippen molar-refractivity contribution in [2.24, 2.45) is 4.99 Å². The lowest BCUT2D eigenvalue weighted by atomic mass is 10.0. The summed E-state index contributed by atoms with van der Waals surface area (Å²) in [5.74, 6) is 1.47. The Hall–Kier alpha value is -2.68. The fourth-order valence-electron chi connectivity index (χ4n) is 3.80. The Morgan fingerprint density at radius 2 is 2.06 bits per heavy atom. The van der Waals surface area contributed by atoms with Crippen LogP contribution in [0.1, 0.15) is 35.3 Å². The highest BCUT2D eigenvalue weighted by Crippen LogP contribution is 2.30. The number of methoxy groups -OCH3 is 1. The van der Waals surface area contributed by atoms with Gasteiger partial charge in [0.15, 0.2) is 11.5 Å². The predicted octanol–water partition coefficient (Wildman–Crippen LogP) is 1.07. The quantitative estimate of drug-likeness (QED) is 0.515. The fraction of sp³-hybridized carbons (Fsp3) is 0.478. The van der Waals surface area contributed by atoms with Crippen LogP contribution >= 0.6 is 0 Å². The molecule has 0 radical (unpaired) electrons. The largest absolute Gasteiger partial charge is 0.505 e. The number of pyridine rings is 1. The summed E-state index contributed by atoms with van der Waals surface area (Å²) in [6.45, 7) is 7.73. The second-order valence-electron chi connectivity index (χ2n) is 7.45. The maximum absolute atomic E-state index is 10.4. The number of benzene rings is 1. The van der Waals surface area contributed by atoms with Crippen LogP contribution in [0.4, 0.5) is 0 Å². The minimum Gasteiger partial charge on any atom is -0.505 e. The van der Waals surface area contributed by atoms with Gasteiger partial charge in [-0.25, -0.2) is 0 Å². The van der Waals surface area contributed by atoms with Crippen molar-refractivity contribution in [3.63, 3.8) is 0 Å². The summed E-state index contributed by atoms with van der Waals surface area (Å²) in [4.78, 5) is 10.1. The van der Waals surface area contributed by atoms with Gasteiger partial charge in [-0.15, -0.1) is 0 Å². The highest BCUT2D eigenvalue weighted by atomic mass is 16.5. The number of aromatic hydroxyl groups is 1. The number of morpholine rings is 1. The Morgan fingerprint density at radius 3 is 2.74 bits per heavy atom. The number of aryl methyl sites for hydroxylation is 1. The molecule has 1 aliphatic heterocycles. The minimum atomic E-state index is -0.212. The van der Waals surface area contributed by atoms with Gasteiger partial charge in [0, 0.05) is 29.1 Å². The van der Waals surface area contributed by atoms with E-state index < -0.39 is 0 Å². The molecule has 3 N–H and O–H groups in total. The molecule has 0 aliphatic carbocycles. The van der Waals surface area contributed by atoms with Crippen LogP contribution in [0, 0.1) is 6.92 Å². The Bertz CT molecular complexity index is 897. The molecule has 168 valence electrons. The summed E-state index contributed by atoms with van der Waals surface area (Å²) < 4.78 is 16.7. The Kier molecular flexibility index (Phi) is 8.22. The highest BCUT2D eigenvalue weighted by Gasteiger charge is 2.27. The van der Waals surface area contributed by atoms with E-state index >= 15 is 0 Å². The van der Waals surface area contributed by atoms with Crippen LogP contribution in [0.15, 0.2) is 29.4 Å². The first-order valence-electron chi connectivity index (χ1n) is 10.6. The van der Waals surface area contributed by atoms with Gasteiger partial charge in [0.1, 0.15) is 24.9 Å². The van der Waals surface area contributed by atoms with Crippen molar-refractivity contribution in [1.29, 1.82) is 0 Å². The van der Waals surface area contributed by atoms with Crippen molar-refractivity contribution in [1.82, 2.24) is 4.98 Å². The smallest absolute Gasteiger partial charge is 0.161 e. The molecule has 0 bridgehead atoms. The predicted molar refractivity (Wildman–Crippen MR) is 117 cm³/mol. The fourth-order valence-corrected chi connectivity index (χ4v) is 3.80. The zero-order chi connectivity index (χ0) is 22.2. The van der Waals surface area contributed by atoms with Crippen LogP contribution < -0.4 is 14.4 Å². The van der Waals surface area contributed by atoms with Crippen LogP contribution in [0.5, 0.6) is 17.2 Å². The van der Waals surface area contributed by atoms with Crippen molar-refractivity contribution in [2.75, 3.05) is 46.6 Å². The number of aromatic nitrogens is 1. The molecule has 1 saturated heterocycles. The molecule has 1 aliphatic rings. The molecule has 8 nitrogen and oxygen atoms in total. The number of nitrogens with one attached hydrogen (secondary N) is 1. The molecule has 31 heavy (non-hydrogen) atoms. The lowest BCUT2D eigenvalue weighted by molar-refractivity contribution is -0.937. The maximum Gasteiger partial charge on any atom is 0.161 e. The molecule has 0 unspecified atom stereocenters. The molecule has 3 rings (SSSR count). The van der Waals surface area contributed by atoms with Crippen LogP contribution in [0.2, 0.25) is 0 Å². The molecule has 2 heterocycles. The van der Waals surface area contributed by atoms with E-state index in [0.29, 0.717) is 48.9 Å². The molecule has 1 atom stereocenters. The number of hydrogen-bond acceptors (Lipinski definition) is 7. The van der Waals surface area contributed by atoms with E-state index in [4.69, 9.17) is 14.2 Å². The maximum atomic E-state index is 10.4. The number of quaternary nitrogens is 1. The summed E-state index contributed by atoms with van der Waals surface area (Å²) in [6.07, 6.45) is 3.20. The lowest BCUT2D eigenvalue weighted by Gasteiger charge is -2.31. The molecule has 1 aromatic carbocycles.